The molecule has 0 bridgehead atoms. The number of nitrogens with two attached hydrogens (primary N) is 1. The minimum atomic E-state index is -0.372. The third-order valence-electron chi connectivity index (χ3n) is 2.57. The van der Waals surface area contributed by atoms with E-state index in [1.165, 1.54) is 6.08 Å². The summed E-state index contributed by atoms with van der Waals surface area (Å²) in [7, 11) is 0. The molecular formula is C14H17NO4. The molecule has 1 aromatic rings. The number of carbonyl (C=O) groups is 1. The van der Waals surface area contributed by atoms with Crippen LogP contribution in [-0.4, -0.2) is 32.3 Å². The van der Waals surface area contributed by atoms with Gasteiger partial charge in [-0.3, -0.25) is 0 Å². The number of hydrogen-bond donors (Lipinski definition) is 1. The largest absolute Gasteiger partial charge is 0.486 e. The molecule has 0 aromatic heterocycles. The molecule has 0 unspecified atom stereocenters. The van der Waals surface area contributed by atoms with E-state index < -0.39 is 0 Å². The second-order valence-electron chi connectivity index (χ2n) is 4.05. The maximum atomic E-state index is 11.4. The topological polar surface area (TPSA) is 70.8 Å². The van der Waals surface area contributed by atoms with E-state index in [1.54, 1.807) is 6.08 Å². The van der Waals surface area contributed by atoms with Crippen molar-refractivity contribution in [3.05, 3.63) is 29.8 Å². The van der Waals surface area contributed by atoms with E-state index in [9.17, 15) is 4.79 Å². The van der Waals surface area contributed by atoms with Crippen LogP contribution >= 0.6 is 0 Å². The Morgan fingerprint density at radius 3 is 2.89 bits per heavy atom. The summed E-state index contributed by atoms with van der Waals surface area (Å²) in [6, 6.07) is 5.52. The van der Waals surface area contributed by atoms with Crippen molar-refractivity contribution in [2.45, 2.75) is 6.42 Å². The molecule has 1 aliphatic rings. The SMILES string of the molecule is NCCCOC(=O)/C=C/c1ccc2c(c1)OCCO2. The van der Waals surface area contributed by atoms with E-state index in [0.717, 1.165) is 11.3 Å². The van der Waals surface area contributed by atoms with Crippen molar-refractivity contribution in [3.8, 4) is 11.5 Å². The molecule has 5 nitrogen and oxygen atoms in total. The van der Waals surface area contributed by atoms with Crippen LogP contribution in [0, 0.1) is 0 Å². The first-order valence-corrected chi connectivity index (χ1v) is 6.24. The van der Waals surface area contributed by atoms with Gasteiger partial charge in [-0.25, -0.2) is 4.79 Å². The van der Waals surface area contributed by atoms with Gasteiger partial charge in [0.1, 0.15) is 13.2 Å². The fraction of sp³-hybridized carbons (Fsp3) is 0.357. The van der Waals surface area contributed by atoms with Crippen LogP contribution in [0.1, 0.15) is 12.0 Å². The van der Waals surface area contributed by atoms with Gasteiger partial charge in [0.05, 0.1) is 6.61 Å². The number of esters is 1. The van der Waals surface area contributed by atoms with Gasteiger partial charge < -0.3 is 19.9 Å². The molecule has 0 saturated carbocycles. The Labute approximate surface area is 111 Å². The summed E-state index contributed by atoms with van der Waals surface area (Å²) in [5.41, 5.74) is 6.17. The molecule has 1 aliphatic heterocycles. The molecule has 0 aliphatic carbocycles. The summed E-state index contributed by atoms with van der Waals surface area (Å²) in [6.45, 7) is 1.97. The Kier molecular flexibility index (Phi) is 4.80. The summed E-state index contributed by atoms with van der Waals surface area (Å²) in [5.74, 6) is 1.06. The summed E-state index contributed by atoms with van der Waals surface area (Å²) in [4.78, 5) is 11.4. The highest BCUT2D eigenvalue weighted by atomic mass is 16.6. The lowest BCUT2D eigenvalue weighted by Gasteiger charge is -2.18. The molecule has 19 heavy (non-hydrogen) atoms. The van der Waals surface area contributed by atoms with Crippen molar-refractivity contribution >= 4 is 12.0 Å². The first kappa shape index (κ1) is 13.4. The highest BCUT2D eigenvalue weighted by molar-refractivity contribution is 5.87. The molecule has 102 valence electrons. The average Bonchev–Trinajstić information content (AvgIpc) is 2.45. The Hall–Kier alpha value is -2.01. The van der Waals surface area contributed by atoms with Gasteiger partial charge in [0.15, 0.2) is 11.5 Å². The van der Waals surface area contributed by atoms with Gasteiger partial charge in [-0.2, -0.15) is 0 Å². The molecule has 0 atom stereocenters. The van der Waals surface area contributed by atoms with Crippen LogP contribution in [0.25, 0.3) is 6.08 Å². The van der Waals surface area contributed by atoms with Crippen LogP contribution in [0.15, 0.2) is 24.3 Å². The predicted molar refractivity (Wildman–Crippen MR) is 71.1 cm³/mol. The molecule has 0 spiro atoms. The minimum Gasteiger partial charge on any atom is -0.486 e. The average molecular weight is 263 g/mol. The standard InChI is InChI=1S/C14H17NO4/c15-6-1-7-19-14(16)5-3-11-2-4-12-13(10-11)18-9-8-17-12/h2-5,10H,1,6-9,15H2/b5-3+. The number of rotatable bonds is 5. The smallest absolute Gasteiger partial charge is 0.330 e. The van der Waals surface area contributed by atoms with E-state index >= 15 is 0 Å². The third-order valence-corrected chi connectivity index (χ3v) is 2.57. The lowest BCUT2D eigenvalue weighted by atomic mass is 10.2. The summed E-state index contributed by atoms with van der Waals surface area (Å²) in [6.07, 6.45) is 3.74. The maximum absolute atomic E-state index is 11.4. The van der Waals surface area contributed by atoms with Gasteiger partial charge in [-0.15, -0.1) is 0 Å². The second-order valence-corrected chi connectivity index (χ2v) is 4.05. The first-order chi connectivity index (χ1) is 9.29. The van der Waals surface area contributed by atoms with Gasteiger partial charge in [0.2, 0.25) is 0 Å². The Bertz CT molecular complexity index is 471. The van der Waals surface area contributed by atoms with E-state index in [-0.39, 0.29) is 5.97 Å². The van der Waals surface area contributed by atoms with Crippen LogP contribution < -0.4 is 15.2 Å². The maximum Gasteiger partial charge on any atom is 0.330 e. The quantitative estimate of drug-likeness (QED) is 0.493. The number of ether oxygens (including phenoxy) is 3. The van der Waals surface area contributed by atoms with Crippen LogP contribution in [-0.2, 0) is 9.53 Å². The van der Waals surface area contributed by atoms with E-state index in [0.29, 0.717) is 38.5 Å². The molecule has 2 N–H and O–H groups in total. The Morgan fingerprint density at radius 2 is 2.11 bits per heavy atom. The molecule has 0 saturated heterocycles. The molecule has 5 heteroatoms. The predicted octanol–water partition coefficient (Wildman–Crippen LogP) is 1.36. The molecule has 0 radical (unpaired) electrons. The van der Waals surface area contributed by atoms with Gasteiger partial charge in [0.25, 0.3) is 0 Å². The van der Waals surface area contributed by atoms with E-state index in [1.807, 2.05) is 18.2 Å². The Balaban J connectivity index is 1.93. The van der Waals surface area contributed by atoms with Crippen LogP contribution in [0.3, 0.4) is 0 Å². The summed E-state index contributed by atoms with van der Waals surface area (Å²) in [5, 5.41) is 0. The van der Waals surface area contributed by atoms with Crippen molar-refractivity contribution in [3.63, 3.8) is 0 Å². The van der Waals surface area contributed by atoms with Crippen LogP contribution in [0.2, 0.25) is 0 Å². The van der Waals surface area contributed by atoms with Gasteiger partial charge >= 0.3 is 5.97 Å². The molecule has 0 amide bonds. The number of hydrogen-bond acceptors (Lipinski definition) is 5. The lowest BCUT2D eigenvalue weighted by Crippen LogP contribution is -2.15. The summed E-state index contributed by atoms with van der Waals surface area (Å²) >= 11 is 0. The lowest BCUT2D eigenvalue weighted by molar-refractivity contribution is -0.137. The normalized spacial score (nSPS) is 13.5. The number of benzene rings is 1. The fourth-order valence-electron chi connectivity index (χ4n) is 1.63. The highest BCUT2D eigenvalue weighted by Crippen LogP contribution is 2.31. The summed E-state index contributed by atoms with van der Waals surface area (Å²) < 4.78 is 15.8. The monoisotopic (exact) mass is 263 g/mol. The molecule has 0 fully saturated rings. The second kappa shape index (κ2) is 6.80. The van der Waals surface area contributed by atoms with Gasteiger partial charge in [0, 0.05) is 6.08 Å². The zero-order valence-electron chi connectivity index (χ0n) is 10.6. The minimum absolute atomic E-state index is 0.348. The zero-order valence-corrected chi connectivity index (χ0v) is 10.6. The van der Waals surface area contributed by atoms with Crippen molar-refractivity contribution in [2.75, 3.05) is 26.4 Å². The number of carbonyl (C=O) groups excluding carboxylic acids is 1. The van der Waals surface area contributed by atoms with Crippen molar-refractivity contribution < 1.29 is 19.0 Å². The molecule has 2 rings (SSSR count). The zero-order chi connectivity index (χ0) is 13.5. The molecule has 1 aromatic carbocycles. The van der Waals surface area contributed by atoms with Crippen LogP contribution in [0.4, 0.5) is 0 Å². The van der Waals surface area contributed by atoms with E-state index in [2.05, 4.69) is 0 Å². The van der Waals surface area contributed by atoms with Gasteiger partial charge in [-0.1, -0.05) is 6.07 Å². The molecule has 1 heterocycles. The Morgan fingerprint density at radius 1 is 1.32 bits per heavy atom. The third kappa shape index (κ3) is 3.99. The van der Waals surface area contributed by atoms with Crippen LogP contribution in [0.5, 0.6) is 11.5 Å². The molecular weight excluding hydrogens is 246 g/mol. The fourth-order valence-corrected chi connectivity index (χ4v) is 1.63. The van der Waals surface area contributed by atoms with Crippen molar-refractivity contribution in [1.82, 2.24) is 0 Å². The van der Waals surface area contributed by atoms with Crippen molar-refractivity contribution in [2.24, 2.45) is 5.73 Å². The number of fused-ring (bicyclic) bond motifs is 1. The highest BCUT2D eigenvalue weighted by Gasteiger charge is 2.10. The van der Waals surface area contributed by atoms with E-state index in [4.69, 9.17) is 19.9 Å². The van der Waals surface area contributed by atoms with Gasteiger partial charge in [-0.05, 0) is 36.7 Å². The first-order valence-electron chi connectivity index (χ1n) is 6.24. The van der Waals surface area contributed by atoms with Crippen molar-refractivity contribution in [1.29, 1.82) is 0 Å².